The van der Waals surface area contributed by atoms with Crippen molar-refractivity contribution in [3.05, 3.63) is 65.8 Å². The molecule has 0 amide bonds. The van der Waals surface area contributed by atoms with Gasteiger partial charge >= 0.3 is 6.18 Å². The molecule has 0 aliphatic rings. The Morgan fingerprint density at radius 3 is 2.10 bits per heavy atom. The average molecular weight is 305 g/mol. The molecule has 0 bridgehead atoms. The van der Waals surface area contributed by atoms with Gasteiger partial charge in [-0.3, -0.25) is 0 Å². The predicted molar refractivity (Wildman–Crippen MR) is 62.4 cm³/mol. The fraction of sp³-hybridized carbons (Fsp3) is 0.0714. The van der Waals surface area contributed by atoms with E-state index in [-0.39, 0.29) is 30.1 Å². The normalized spacial score (nSPS) is 11.5. The number of benzene rings is 2. The minimum absolute atomic E-state index is 0.0835. The minimum atomic E-state index is -4.87. The molecule has 2 rings (SSSR count). The van der Waals surface area contributed by atoms with Gasteiger partial charge in [0.25, 0.3) is 0 Å². The molecule has 0 aliphatic carbocycles. The van der Waals surface area contributed by atoms with Gasteiger partial charge in [-0.25, -0.2) is 13.2 Å². The molecule has 0 aromatic heterocycles. The molecule has 111 valence electrons. The van der Waals surface area contributed by atoms with Crippen LogP contribution in [0, 0.1) is 18.3 Å². The van der Waals surface area contributed by atoms with Gasteiger partial charge in [0.15, 0.2) is 24.1 Å². The van der Waals surface area contributed by atoms with Gasteiger partial charge < -0.3 is 4.74 Å². The number of halogens is 6. The maximum absolute atomic E-state index is 13.6. The SMILES string of the molecule is F[CH]c1cccc(Oc2c(F)cc(C(F)(F)F)cc2F)c1. The third-order valence-corrected chi connectivity index (χ3v) is 2.53. The fourth-order valence-corrected chi connectivity index (χ4v) is 1.58. The van der Waals surface area contributed by atoms with Crippen LogP contribution in [0.15, 0.2) is 36.4 Å². The molecule has 1 nitrogen and oxygen atoms in total. The first-order valence-electron chi connectivity index (χ1n) is 5.59. The number of rotatable bonds is 3. The van der Waals surface area contributed by atoms with E-state index in [1.54, 1.807) is 0 Å². The maximum atomic E-state index is 13.6. The molecule has 0 unspecified atom stereocenters. The quantitative estimate of drug-likeness (QED) is 0.703. The fourth-order valence-electron chi connectivity index (χ4n) is 1.58. The Morgan fingerprint density at radius 2 is 1.57 bits per heavy atom. The van der Waals surface area contributed by atoms with Crippen molar-refractivity contribution in [2.45, 2.75) is 6.18 Å². The number of alkyl halides is 3. The van der Waals surface area contributed by atoms with E-state index in [4.69, 9.17) is 4.74 Å². The van der Waals surface area contributed by atoms with E-state index in [1.807, 2.05) is 0 Å². The molecular formula is C14H7F6O. The first-order chi connectivity index (χ1) is 9.81. The van der Waals surface area contributed by atoms with Crippen molar-refractivity contribution in [3.8, 4) is 11.5 Å². The van der Waals surface area contributed by atoms with Crippen LogP contribution in [0.25, 0.3) is 0 Å². The second kappa shape index (κ2) is 5.67. The van der Waals surface area contributed by atoms with Crippen molar-refractivity contribution in [2.75, 3.05) is 0 Å². The van der Waals surface area contributed by atoms with Crippen LogP contribution >= 0.6 is 0 Å². The van der Waals surface area contributed by atoms with Gasteiger partial charge in [0.05, 0.1) is 5.56 Å². The van der Waals surface area contributed by atoms with E-state index in [9.17, 15) is 26.3 Å². The van der Waals surface area contributed by atoms with Gasteiger partial charge in [0, 0.05) is 0 Å². The van der Waals surface area contributed by atoms with Crippen molar-refractivity contribution in [2.24, 2.45) is 0 Å². The molecule has 0 fully saturated rings. The third-order valence-electron chi connectivity index (χ3n) is 2.53. The van der Waals surface area contributed by atoms with E-state index >= 15 is 0 Å². The Kier molecular flexibility index (Phi) is 4.11. The minimum Gasteiger partial charge on any atom is -0.451 e. The largest absolute Gasteiger partial charge is 0.451 e. The lowest BCUT2D eigenvalue weighted by Gasteiger charge is -2.12. The maximum Gasteiger partial charge on any atom is 0.416 e. The Bertz CT molecular complexity index is 627. The number of hydrogen-bond acceptors (Lipinski definition) is 1. The number of hydrogen-bond donors (Lipinski definition) is 0. The molecule has 0 heterocycles. The van der Waals surface area contributed by atoms with Crippen LogP contribution in [0.2, 0.25) is 0 Å². The topological polar surface area (TPSA) is 9.23 Å². The van der Waals surface area contributed by atoms with Gasteiger partial charge in [-0.05, 0) is 29.8 Å². The number of ether oxygens (including phenoxy) is 1. The van der Waals surface area contributed by atoms with E-state index < -0.39 is 29.1 Å². The zero-order valence-corrected chi connectivity index (χ0v) is 10.2. The van der Waals surface area contributed by atoms with Crippen LogP contribution in [0.5, 0.6) is 11.5 Å². The first-order valence-corrected chi connectivity index (χ1v) is 5.59. The van der Waals surface area contributed by atoms with Gasteiger partial charge in [-0.15, -0.1) is 0 Å². The lowest BCUT2D eigenvalue weighted by atomic mass is 10.2. The van der Waals surface area contributed by atoms with E-state index in [2.05, 4.69) is 0 Å². The summed E-state index contributed by atoms with van der Waals surface area (Å²) in [7, 11) is 0. The van der Waals surface area contributed by atoms with Crippen molar-refractivity contribution in [1.29, 1.82) is 0 Å². The summed E-state index contributed by atoms with van der Waals surface area (Å²) in [5, 5.41) is 0. The van der Waals surface area contributed by atoms with E-state index in [1.165, 1.54) is 18.2 Å². The van der Waals surface area contributed by atoms with Crippen molar-refractivity contribution < 1.29 is 31.1 Å². The molecule has 2 aromatic rings. The Morgan fingerprint density at radius 1 is 0.952 bits per heavy atom. The van der Waals surface area contributed by atoms with Gasteiger partial charge in [-0.2, -0.15) is 13.2 Å². The molecule has 0 spiro atoms. The first kappa shape index (κ1) is 15.2. The van der Waals surface area contributed by atoms with Crippen LogP contribution in [-0.4, -0.2) is 0 Å². The molecule has 0 atom stereocenters. The smallest absolute Gasteiger partial charge is 0.416 e. The Balaban J connectivity index is 2.36. The zero-order valence-electron chi connectivity index (χ0n) is 10.2. The second-order valence-corrected chi connectivity index (χ2v) is 4.05. The molecule has 21 heavy (non-hydrogen) atoms. The van der Waals surface area contributed by atoms with Gasteiger partial charge in [0.1, 0.15) is 5.75 Å². The summed E-state index contributed by atoms with van der Waals surface area (Å²) in [6.45, 7) is 0.242. The standard InChI is InChI=1S/C14H7F6O/c15-7-8-2-1-3-10(4-8)21-13-11(16)5-9(6-12(13)17)14(18,19)20/h1-7H. The summed E-state index contributed by atoms with van der Waals surface area (Å²) in [4.78, 5) is 0. The average Bonchev–Trinajstić information content (AvgIpc) is 2.42. The van der Waals surface area contributed by atoms with Crippen molar-refractivity contribution in [1.82, 2.24) is 0 Å². The van der Waals surface area contributed by atoms with Crippen LogP contribution in [0.4, 0.5) is 26.3 Å². The molecule has 7 heteroatoms. The summed E-state index contributed by atoms with van der Waals surface area (Å²) < 4.78 is 81.5. The van der Waals surface area contributed by atoms with Crippen molar-refractivity contribution in [3.63, 3.8) is 0 Å². The lowest BCUT2D eigenvalue weighted by Crippen LogP contribution is -2.07. The highest BCUT2D eigenvalue weighted by atomic mass is 19.4. The van der Waals surface area contributed by atoms with E-state index in [0.717, 1.165) is 6.07 Å². The van der Waals surface area contributed by atoms with Crippen LogP contribution in [-0.2, 0) is 6.18 Å². The summed E-state index contributed by atoms with van der Waals surface area (Å²) in [5.41, 5.74) is -1.38. The summed E-state index contributed by atoms with van der Waals surface area (Å²) in [5.74, 6) is -4.10. The third kappa shape index (κ3) is 3.48. The van der Waals surface area contributed by atoms with Crippen LogP contribution in [0.3, 0.4) is 0 Å². The Labute approximate surface area is 115 Å². The summed E-state index contributed by atoms with van der Waals surface area (Å²) in [6.07, 6.45) is -4.87. The molecule has 0 N–H and O–H groups in total. The zero-order chi connectivity index (χ0) is 15.6. The highest BCUT2D eigenvalue weighted by Crippen LogP contribution is 2.35. The Hall–Kier alpha value is -2.18. The highest BCUT2D eigenvalue weighted by molar-refractivity contribution is 5.38. The lowest BCUT2D eigenvalue weighted by molar-refractivity contribution is -0.138. The van der Waals surface area contributed by atoms with Crippen molar-refractivity contribution >= 4 is 0 Å². The highest BCUT2D eigenvalue weighted by Gasteiger charge is 2.33. The predicted octanol–water partition coefficient (Wildman–Crippen LogP) is 5.26. The summed E-state index contributed by atoms with van der Waals surface area (Å²) >= 11 is 0. The molecule has 0 saturated carbocycles. The molecule has 1 radical (unpaired) electrons. The van der Waals surface area contributed by atoms with Gasteiger partial charge in [0.2, 0.25) is 0 Å². The molecular weight excluding hydrogens is 298 g/mol. The molecule has 0 aliphatic heterocycles. The monoisotopic (exact) mass is 305 g/mol. The molecule has 2 aromatic carbocycles. The van der Waals surface area contributed by atoms with Gasteiger partial charge in [-0.1, -0.05) is 12.1 Å². The van der Waals surface area contributed by atoms with Crippen LogP contribution in [0.1, 0.15) is 11.1 Å². The second-order valence-electron chi connectivity index (χ2n) is 4.05. The summed E-state index contributed by atoms with van der Waals surface area (Å²) in [6, 6.07) is 5.40. The van der Waals surface area contributed by atoms with E-state index in [0.29, 0.717) is 0 Å². The molecule has 0 saturated heterocycles. The van der Waals surface area contributed by atoms with Crippen LogP contribution < -0.4 is 4.74 Å².